The van der Waals surface area contributed by atoms with E-state index in [2.05, 4.69) is 6.58 Å². The highest BCUT2D eigenvalue weighted by Crippen LogP contribution is 2.36. The van der Waals surface area contributed by atoms with Crippen molar-refractivity contribution in [3.05, 3.63) is 43.8 Å². The SMILES string of the molecule is C=CCN1C(=O)S/C(=C/c2cc(Cl)cc(I)c2O)C1=O. The van der Waals surface area contributed by atoms with E-state index in [-0.39, 0.29) is 22.4 Å². The average Bonchev–Trinajstić information content (AvgIpc) is 2.63. The summed E-state index contributed by atoms with van der Waals surface area (Å²) in [6.07, 6.45) is 2.95. The first-order valence-electron chi connectivity index (χ1n) is 5.48. The number of aromatic hydroxyl groups is 1. The molecule has 2 rings (SSSR count). The zero-order valence-electron chi connectivity index (χ0n) is 10.1. The largest absolute Gasteiger partial charge is 0.506 e. The number of thioether (sulfide) groups is 1. The summed E-state index contributed by atoms with van der Waals surface area (Å²) in [5.41, 5.74) is 0.408. The van der Waals surface area contributed by atoms with E-state index in [1.54, 1.807) is 12.1 Å². The molecule has 0 aromatic heterocycles. The summed E-state index contributed by atoms with van der Waals surface area (Å²) in [6, 6.07) is 3.15. The molecule has 1 fully saturated rings. The van der Waals surface area contributed by atoms with E-state index in [9.17, 15) is 14.7 Å². The topological polar surface area (TPSA) is 57.6 Å². The molecule has 1 aliphatic rings. The van der Waals surface area contributed by atoms with Crippen LogP contribution in [0.1, 0.15) is 5.56 Å². The van der Waals surface area contributed by atoms with E-state index < -0.39 is 5.91 Å². The van der Waals surface area contributed by atoms with Gasteiger partial charge in [-0.05, 0) is 52.6 Å². The van der Waals surface area contributed by atoms with Crippen LogP contribution in [0.5, 0.6) is 5.75 Å². The van der Waals surface area contributed by atoms with Crippen LogP contribution in [0.25, 0.3) is 6.08 Å². The number of hydrogen-bond acceptors (Lipinski definition) is 4. The van der Waals surface area contributed by atoms with Crippen LogP contribution in [0.4, 0.5) is 4.79 Å². The Morgan fingerprint density at radius 2 is 2.15 bits per heavy atom. The summed E-state index contributed by atoms with van der Waals surface area (Å²) in [4.78, 5) is 25.1. The molecular formula is C13H9ClINO3S. The minimum absolute atomic E-state index is 0.0329. The number of amides is 2. The molecule has 1 saturated heterocycles. The van der Waals surface area contributed by atoms with Gasteiger partial charge < -0.3 is 5.11 Å². The van der Waals surface area contributed by atoms with E-state index in [1.807, 2.05) is 22.6 Å². The van der Waals surface area contributed by atoms with Crippen LogP contribution in [0.3, 0.4) is 0 Å². The maximum Gasteiger partial charge on any atom is 0.293 e. The van der Waals surface area contributed by atoms with E-state index >= 15 is 0 Å². The van der Waals surface area contributed by atoms with Crippen LogP contribution in [0, 0.1) is 3.57 Å². The lowest BCUT2D eigenvalue weighted by molar-refractivity contribution is -0.122. The first-order chi connectivity index (χ1) is 9.43. The van der Waals surface area contributed by atoms with Crippen LogP contribution < -0.4 is 0 Å². The fourth-order valence-corrected chi connectivity index (χ4v) is 3.52. The Morgan fingerprint density at radius 1 is 1.45 bits per heavy atom. The van der Waals surface area contributed by atoms with Crippen molar-refractivity contribution in [2.45, 2.75) is 0 Å². The van der Waals surface area contributed by atoms with Crippen molar-refractivity contribution >= 4 is 63.2 Å². The third-order valence-electron chi connectivity index (χ3n) is 2.53. The van der Waals surface area contributed by atoms with Crippen LogP contribution in [-0.4, -0.2) is 27.7 Å². The van der Waals surface area contributed by atoms with Crippen LogP contribution in [0.15, 0.2) is 29.7 Å². The Bertz CT molecular complexity index is 645. The molecule has 1 N–H and O–H groups in total. The first kappa shape index (κ1) is 15.4. The number of phenols is 1. The first-order valence-corrected chi connectivity index (χ1v) is 7.75. The van der Waals surface area contributed by atoms with Gasteiger partial charge in [-0.15, -0.1) is 6.58 Å². The van der Waals surface area contributed by atoms with Crippen molar-refractivity contribution in [1.29, 1.82) is 0 Å². The molecule has 0 bridgehead atoms. The number of carbonyl (C=O) groups excluding carboxylic acids is 2. The van der Waals surface area contributed by atoms with E-state index in [1.165, 1.54) is 12.2 Å². The van der Waals surface area contributed by atoms with Gasteiger partial charge in [0.1, 0.15) is 5.75 Å². The summed E-state index contributed by atoms with van der Waals surface area (Å²) in [5, 5.41) is 10.1. The molecule has 1 heterocycles. The van der Waals surface area contributed by atoms with Gasteiger partial charge in [0.25, 0.3) is 11.1 Å². The Hall–Kier alpha value is -0.990. The molecule has 0 unspecified atom stereocenters. The molecule has 1 aromatic rings. The molecule has 2 amide bonds. The van der Waals surface area contributed by atoms with Gasteiger partial charge in [0.05, 0.1) is 8.48 Å². The van der Waals surface area contributed by atoms with E-state index in [0.717, 1.165) is 16.7 Å². The predicted molar refractivity (Wildman–Crippen MR) is 88.7 cm³/mol. The van der Waals surface area contributed by atoms with Gasteiger partial charge >= 0.3 is 0 Å². The van der Waals surface area contributed by atoms with Crippen molar-refractivity contribution in [1.82, 2.24) is 4.90 Å². The van der Waals surface area contributed by atoms with Crippen molar-refractivity contribution in [3.8, 4) is 5.75 Å². The fraction of sp³-hybridized carbons (Fsp3) is 0.0769. The van der Waals surface area contributed by atoms with Gasteiger partial charge in [-0.1, -0.05) is 17.7 Å². The molecule has 0 radical (unpaired) electrons. The van der Waals surface area contributed by atoms with Crippen LogP contribution in [-0.2, 0) is 4.79 Å². The number of nitrogens with zero attached hydrogens (tertiary/aromatic N) is 1. The molecule has 104 valence electrons. The lowest BCUT2D eigenvalue weighted by Gasteiger charge is -2.08. The van der Waals surface area contributed by atoms with Crippen molar-refractivity contribution in [2.24, 2.45) is 0 Å². The highest BCUT2D eigenvalue weighted by Gasteiger charge is 2.34. The molecule has 1 aliphatic heterocycles. The lowest BCUT2D eigenvalue weighted by Crippen LogP contribution is -2.27. The van der Waals surface area contributed by atoms with E-state index in [4.69, 9.17) is 11.6 Å². The smallest absolute Gasteiger partial charge is 0.293 e. The number of halogens is 2. The van der Waals surface area contributed by atoms with Crippen LogP contribution in [0.2, 0.25) is 5.02 Å². The molecule has 0 saturated carbocycles. The highest BCUT2D eigenvalue weighted by molar-refractivity contribution is 14.1. The average molecular weight is 422 g/mol. The standard InChI is InChI=1S/C13H9ClINO3S/c1-2-3-16-12(18)10(20-13(16)19)5-7-4-8(14)6-9(15)11(7)17/h2,4-6,17H,1,3H2/b10-5+. The summed E-state index contributed by atoms with van der Waals surface area (Å²) < 4.78 is 0.576. The Morgan fingerprint density at radius 3 is 2.80 bits per heavy atom. The number of hydrogen-bond donors (Lipinski definition) is 1. The quantitative estimate of drug-likeness (QED) is 0.457. The molecular weight excluding hydrogens is 413 g/mol. The summed E-state index contributed by atoms with van der Waals surface area (Å²) >= 11 is 8.70. The third kappa shape index (κ3) is 3.02. The monoisotopic (exact) mass is 421 g/mol. The lowest BCUT2D eigenvalue weighted by atomic mass is 10.2. The molecule has 1 aromatic carbocycles. The van der Waals surface area contributed by atoms with Crippen molar-refractivity contribution in [3.63, 3.8) is 0 Å². The number of carbonyl (C=O) groups is 2. The number of phenolic OH excluding ortho intramolecular Hbond substituents is 1. The number of benzene rings is 1. The summed E-state index contributed by atoms with van der Waals surface area (Å²) in [7, 11) is 0. The predicted octanol–water partition coefficient (Wildman–Crippen LogP) is 3.87. The molecule has 0 spiro atoms. The Labute approximate surface area is 138 Å². The molecule has 4 nitrogen and oxygen atoms in total. The van der Waals surface area contributed by atoms with Gasteiger partial charge in [-0.3, -0.25) is 14.5 Å². The zero-order valence-corrected chi connectivity index (χ0v) is 13.8. The van der Waals surface area contributed by atoms with Crippen molar-refractivity contribution < 1.29 is 14.7 Å². The second-order valence-electron chi connectivity index (χ2n) is 3.91. The maximum absolute atomic E-state index is 12.0. The third-order valence-corrected chi connectivity index (χ3v) is 4.48. The Kier molecular flexibility index (Phi) is 4.77. The van der Waals surface area contributed by atoms with Gasteiger partial charge in [-0.2, -0.15) is 0 Å². The minimum atomic E-state index is -0.394. The van der Waals surface area contributed by atoms with E-state index in [0.29, 0.717) is 14.2 Å². The minimum Gasteiger partial charge on any atom is -0.506 e. The molecule has 7 heteroatoms. The molecule has 20 heavy (non-hydrogen) atoms. The number of imide groups is 1. The normalized spacial score (nSPS) is 17.1. The van der Waals surface area contributed by atoms with Gasteiger partial charge in [0, 0.05) is 17.1 Å². The fourth-order valence-electron chi connectivity index (χ4n) is 1.62. The molecule has 0 atom stereocenters. The second-order valence-corrected chi connectivity index (χ2v) is 6.50. The van der Waals surface area contributed by atoms with Gasteiger partial charge in [-0.25, -0.2) is 0 Å². The highest BCUT2D eigenvalue weighted by atomic mass is 127. The van der Waals surface area contributed by atoms with Gasteiger partial charge in [0.15, 0.2) is 0 Å². The maximum atomic E-state index is 12.0. The summed E-state index contributed by atoms with van der Waals surface area (Å²) in [6.45, 7) is 3.67. The summed E-state index contributed by atoms with van der Waals surface area (Å²) in [5.74, 6) is -0.361. The molecule has 0 aliphatic carbocycles. The number of rotatable bonds is 3. The zero-order chi connectivity index (χ0) is 14.9. The second kappa shape index (κ2) is 6.19. The Balaban J connectivity index is 2.40. The van der Waals surface area contributed by atoms with Crippen LogP contribution >= 0.6 is 46.0 Å². The van der Waals surface area contributed by atoms with Gasteiger partial charge in [0.2, 0.25) is 0 Å². The van der Waals surface area contributed by atoms with Crippen molar-refractivity contribution in [2.75, 3.05) is 6.54 Å².